The number of rotatable bonds is 5. The lowest BCUT2D eigenvalue weighted by Gasteiger charge is -2.08. The van der Waals surface area contributed by atoms with Crippen LogP contribution in [-0.2, 0) is 21.1 Å². The molecule has 1 aromatic rings. The number of hydrogen-bond donors (Lipinski definition) is 2. The highest BCUT2D eigenvalue weighted by Gasteiger charge is 2.74. The summed E-state index contributed by atoms with van der Waals surface area (Å²) in [6.45, 7) is 1.32. The zero-order valence-electron chi connectivity index (χ0n) is 11.4. The third-order valence-corrected chi connectivity index (χ3v) is 5.74. The van der Waals surface area contributed by atoms with Crippen LogP contribution in [0.4, 0.5) is 0 Å². The van der Waals surface area contributed by atoms with Crippen molar-refractivity contribution in [3.8, 4) is 0 Å². The van der Waals surface area contributed by atoms with Gasteiger partial charge in [0.1, 0.15) is 5.41 Å². The number of aliphatic carboxylic acids is 1. The van der Waals surface area contributed by atoms with Gasteiger partial charge in [-0.15, -0.1) is 0 Å². The molecular weight excluding hydrogens is 280 g/mol. The van der Waals surface area contributed by atoms with Crippen molar-refractivity contribution in [2.45, 2.75) is 24.5 Å². The summed E-state index contributed by atoms with van der Waals surface area (Å²) >= 11 is 0. The number of aryl methyl sites for hydroxylation is 1. The van der Waals surface area contributed by atoms with E-state index in [9.17, 15) is 23.4 Å². The lowest BCUT2D eigenvalue weighted by molar-refractivity contribution is -0.145. The van der Waals surface area contributed by atoms with E-state index in [1.807, 2.05) is 19.1 Å². The molecule has 20 heavy (non-hydrogen) atoms. The Kier molecular flexibility index (Phi) is 3.64. The van der Waals surface area contributed by atoms with Gasteiger partial charge in [-0.3, -0.25) is 4.79 Å². The molecule has 1 aromatic carbocycles. The van der Waals surface area contributed by atoms with E-state index >= 15 is 0 Å². The maximum atomic E-state index is 11.8. The van der Waals surface area contributed by atoms with E-state index in [0.717, 1.165) is 18.2 Å². The summed E-state index contributed by atoms with van der Waals surface area (Å²) in [6.07, 6.45) is 1.87. The molecule has 1 aliphatic carbocycles. The number of sulfone groups is 1. The van der Waals surface area contributed by atoms with Crippen molar-refractivity contribution < 1.29 is 23.4 Å². The van der Waals surface area contributed by atoms with Crippen LogP contribution in [0.1, 0.15) is 24.0 Å². The SMILES string of the molecule is CCc1ccc([C@@H]2[C@@H](S(C)(=O)=O)[C@]2(CO)C(=O)O)cc1. The van der Waals surface area contributed by atoms with Crippen molar-refractivity contribution in [3.63, 3.8) is 0 Å². The second kappa shape index (κ2) is 4.86. The summed E-state index contributed by atoms with van der Waals surface area (Å²) in [5, 5.41) is 17.7. The van der Waals surface area contributed by atoms with Crippen LogP contribution in [0.2, 0.25) is 0 Å². The van der Waals surface area contributed by atoms with Gasteiger partial charge in [-0.1, -0.05) is 31.2 Å². The normalized spacial score (nSPS) is 29.1. The fraction of sp³-hybridized carbons (Fsp3) is 0.500. The van der Waals surface area contributed by atoms with Gasteiger partial charge < -0.3 is 10.2 Å². The highest BCUT2D eigenvalue weighted by atomic mass is 32.2. The molecule has 0 radical (unpaired) electrons. The van der Waals surface area contributed by atoms with Crippen LogP contribution in [0, 0.1) is 5.41 Å². The van der Waals surface area contributed by atoms with E-state index in [1.165, 1.54) is 0 Å². The first-order valence-electron chi connectivity index (χ1n) is 6.41. The molecule has 0 spiro atoms. The van der Waals surface area contributed by atoms with Crippen LogP contribution in [0.5, 0.6) is 0 Å². The molecule has 0 aliphatic heterocycles. The molecular formula is C14H18O5S. The quantitative estimate of drug-likeness (QED) is 0.840. The van der Waals surface area contributed by atoms with Gasteiger partial charge in [0.15, 0.2) is 9.84 Å². The van der Waals surface area contributed by atoms with Crippen LogP contribution in [0.15, 0.2) is 24.3 Å². The van der Waals surface area contributed by atoms with Crippen molar-refractivity contribution in [1.82, 2.24) is 0 Å². The molecule has 1 saturated carbocycles. The first kappa shape index (κ1) is 15.0. The first-order valence-corrected chi connectivity index (χ1v) is 8.36. The molecule has 0 unspecified atom stereocenters. The minimum Gasteiger partial charge on any atom is -0.481 e. The summed E-state index contributed by atoms with van der Waals surface area (Å²) in [6, 6.07) is 7.22. The Hall–Kier alpha value is -1.40. The van der Waals surface area contributed by atoms with Crippen LogP contribution >= 0.6 is 0 Å². The van der Waals surface area contributed by atoms with Gasteiger partial charge in [0, 0.05) is 12.2 Å². The predicted octanol–water partition coefficient (Wildman–Crippen LogP) is 0.823. The van der Waals surface area contributed by atoms with E-state index in [1.54, 1.807) is 12.1 Å². The highest BCUT2D eigenvalue weighted by molar-refractivity contribution is 7.91. The molecule has 0 saturated heterocycles. The zero-order valence-corrected chi connectivity index (χ0v) is 12.2. The molecule has 1 fully saturated rings. The number of carbonyl (C=O) groups is 1. The average Bonchev–Trinajstić information content (AvgIpc) is 3.09. The van der Waals surface area contributed by atoms with Crippen molar-refractivity contribution in [2.24, 2.45) is 5.41 Å². The summed E-state index contributed by atoms with van der Waals surface area (Å²) in [4.78, 5) is 11.5. The molecule has 6 heteroatoms. The maximum Gasteiger partial charge on any atom is 0.314 e. The fourth-order valence-electron chi connectivity index (χ4n) is 2.98. The van der Waals surface area contributed by atoms with Gasteiger partial charge in [-0.2, -0.15) is 0 Å². The van der Waals surface area contributed by atoms with E-state index in [-0.39, 0.29) is 0 Å². The van der Waals surface area contributed by atoms with Gasteiger partial charge in [0.25, 0.3) is 0 Å². The molecule has 0 heterocycles. The Bertz CT molecular complexity index is 619. The van der Waals surface area contributed by atoms with E-state index in [2.05, 4.69) is 0 Å². The Morgan fingerprint density at radius 1 is 1.30 bits per heavy atom. The number of hydrogen-bond acceptors (Lipinski definition) is 4. The maximum absolute atomic E-state index is 11.8. The summed E-state index contributed by atoms with van der Waals surface area (Å²) in [5.41, 5.74) is 0.130. The topological polar surface area (TPSA) is 91.7 Å². The van der Waals surface area contributed by atoms with Crippen LogP contribution in [0.3, 0.4) is 0 Å². The van der Waals surface area contributed by atoms with Gasteiger partial charge in [0.05, 0.1) is 11.9 Å². The van der Waals surface area contributed by atoms with Gasteiger partial charge >= 0.3 is 5.97 Å². The minimum atomic E-state index is -3.55. The number of aliphatic hydroxyl groups excluding tert-OH is 1. The third-order valence-electron chi connectivity index (χ3n) is 4.12. The Labute approximate surface area is 118 Å². The minimum absolute atomic E-state index is 0.647. The van der Waals surface area contributed by atoms with E-state index in [0.29, 0.717) is 5.56 Å². The fourth-order valence-corrected chi connectivity index (χ4v) is 4.88. The summed E-state index contributed by atoms with van der Waals surface area (Å²) in [5.74, 6) is -1.95. The highest BCUT2D eigenvalue weighted by Crippen LogP contribution is 2.62. The predicted molar refractivity (Wildman–Crippen MR) is 74.3 cm³/mol. The van der Waals surface area contributed by atoms with Gasteiger partial charge in [0.2, 0.25) is 0 Å². The Balaban J connectivity index is 2.46. The first-order chi connectivity index (χ1) is 9.29. The van der Waals surface area contributed by atoms with Gasteiger partial charge in [-0.05, 0) is 17.5 Å². The Morgan fingerprint density at radius 2 is 1.85 bits per heavy atom. The standard InChI is InChI=1S/C14H18O5S/c1-3-9-4-6-10(7-5-9)11-12(20(2,18)19)14(11,8-15)13(16)17/h4-7,11-12,15H,3,8H2,1-2H3,(H,16,17)/t11-,12-,14-/m1/s1. The lowest BCUT2D eigenvalue weighted by Crippen LogP contribution is -2.27. The molecule has 1 aliphatic rings. The van der Waals surface area contributed by atoms with E-state index < -0.39 is 39.0 Å². The molecule has 0 aromatic heterocycles. The van der Waals surface area contributed by atoms with Crippen molar-refractivity contribution in [1.29, 1.82) is 0 Å². The molecule has 110 valence electrons. The number of aliphatic hydroxyl groups is 1. The van der Waals surface area contributed by atoms with Gasteiger partial charge in [-0.25, -0.2) is 8.42 Å². The smallest absolute Gasteiger partial charge is 0.314 e. The second-order valence-electron chi connectivity index (χ2n) is 5.33. The molecule has 0 amide bonds. The van der Waals surface area contributed by atoms with Crippen LogP contribution < -0.4 is 0 Å². The monoisotopic (exact) mass is 298 g/mol. The van der Waals surface area contributed by atoms with Crippen molar-refractivity contribution in [2.75, 3.05) is 12.9 Å². The lowest BCUT2D eigenvalue weighted by atomic mass is 9.99. The third kappa shape index (κ3) is 2.13. The zero-order chi connectivity index (χ0) is 15.1. The molecule has 2 rings (SSSR count). The van der Waals surface area contributed by atoms with Crippen molar-refractivity contribution >= 4 is 15.8 Å². The van der Waals surface area contributed by atoms with E-state index in [4.69, 9.17) is 0 Å². The molecule has 2 N–H and O–H groups in total. The van der Waals surface area contributed by atoms with Crippen LogP contribution in [-0.4, -0.2) is 42.7 Å². The average molecular weight is 298 g/mol. The molecule has 0 bridgehead atoms. The summed E-state index contributed by atoms with van der Waals surface area (Å²) in [7, 11) is -3.55. The Morgan fingerprint density at radius 3 is 2.15 bits per heavy atom. The van der Waals surface area contributed by atoms with Crippen molar-refractivity contribution in [3.05, 3.63) is 35.4 Å². The number of carboxylic acids is 1. The number of benzene rings is 1. The largest absolute Gasteiger partial charge is 0.481 e. The summed E-state index contributed by atoms with van der Waals surface area (Å²) < 4.78 is 23.6. The van der Waals surface area contributed by atoms with Crippen LogP contribution in [0.25, 0.3) is 0 Å². The number of carboxylic acid groups (broad SMARTS) is 1. The second-order valence-corrected chi connectivity index (χ2v) is 7.49. The molecule has 3 atom stereocenters. The molecule has 5 nitrogen and oxygen atoms in total.